The summed E-state index contributed by atoms with van der Waals surface area (Å²) in [4.78, 5) is 1.76. The quantitative estimate of drug-likeness (QED) is 0.711. The smallest absolute Gasteiger partial charge is 0.122 e. The fourth-order valence-corrected chi connectivity index (χ4v) is 1.72. The van der Waals surface area contributed by atoms with Crippen molar-refractivity contribution in [2.75, 3.05) is 6.26 Å². The van der Waals surface area contributed by atoms with Crippen LogP contribution in [0.2, 0.25) is 0 Å². The molecule has 0 saturated heterocycles. The van der Waals surface area contributed by atoms with E-state index in [0.29, 0.717) is 4.90 Å². The second-order valence-corrected chi connectivity index (χ2v) is 3.92. The summed E-state index contributed by atoms with van der Waals surface area (Å²) in [6, 6.07) is 7.41. The Hall–Kier alpha value is -0.320. The molecule has 0 radical (unpaired) electrons. The van der Waals surface area contributed by atoms with E-state index in [4.69, 9.17) is 5.14 Å². The maximum Gasteiger partial charge on any atom is 0.122 e. The minimum absolute atomic E-state index is 0.678. The molecule has 4 heteroatoms. The molecule has 2 N–H and O–H groups in total. The van der Waals surface area contributed by atoms with Crippen LogP contribution in [-0.4, -0.2) is 10.5 Å². The molecule has 1 aromatic carbocycles. The number of nitrogens with two attached hydrogens (primary N) is 1. The van der Waals surface area contributed by atoms with Crippen LogP contribution < -0.4 is 5.14 Å². The first-order chi connectivity index (χ1) is 5.24. The highest BCUT2D eigenvalue weighted by Gasteiger charge is 1.97. The van der Waals surface area contributed by atoms with Gasteiger partial charge in [0.1, 0.15) is 11.0 Å². The van der Waals surface area contributed by atoms with Crippen LogP contribution in [0.1, 0.15) is 0 Å². The third-order valence-electron chi connectivity index (χ3n) is 1.27. The molecule has 0 spiro atoms. The third kappa shape index (κ3) is 2.32. The van der Waals surface area contributed by atoms with Gasteiger partial charge in [-0.1, -0.05) is 6.07 Å². The second-order valence-electron chi connectivity index (χ2n) is 1.98. The minimum atomic E-state index is -1.35. The lowest BCUT2D eigenvalue weighted by Gasteiger charge is -1.97. The Morgan fingerprint density at radius 1 is 1.55 bits per heavy atom. The van der Waals surface area contributed by atoms with Gasteiger partial charge in [-0.05, 0) is 24.5 Å². The minimum Gasteiger partial charge on any atom is -0.248 e. The molecule has 11 heavy (non-hydrogen) atoms. The molecule has 60 valence electrons. The Kier molecular flexibility index (Phi) is 3.11. The van der Waals surface area contributed by atoms with Crippen LogP contribution in [0.4, 0.5) is 0 Å². The van der Waals surface area contributed by atoms with Crippen molar-refractivity contribution in [1.82, 2.24) is 0 Å². The van der Waals surface area contributed by atoms with Crippen LogP contribution >= 0.6 is 11.8 Å². The lowest BCUT2D eigenvalue weighted by Crippen LogP contribution is -2.01. The highest BCUT2D eigenvalue weighted by Crippen LogP contribution is 2.16. The van der Waals surface area contributed by atoms with Gasteiger partial charge in [-0.2, -0.15) is 0 Å². The first-order valence-corrected chi connectivity index (χ1v) is 5.48. The van der Waals surface area contributed by atoms with Crippen LogP contribution in [0.3, 0.4) is 0 Å². The van der Waals surface area contributed by atoms with Crippen LogP contribution in [0.25, 0.3) is 0 Å². The van der Waals surface area contributed by atoms with Gasteiger partial charge in [0.15, 0.2) is 0 Å². The van der Waals surface area contributed by atoms with Gasteiger partial charge >= 0.3 is 0 Å². The normalized spacial score (nSPS) is 12.9. The molecular weight excluding hydrogens is 178 g/mol. The summed E-state index contributed by atoms with van der Waals surface area (Å²) in [6.07, 6.45) is 1.97. The number of hydrogen-bond acceptors (Lipinski definition) is 2. The first-order valence-electron chi connectivity index (χ1n) is 3.04. The zero-order valence-electron chi connectivity index (χ0n) is 6.11. The Bertz CT molecular complexity index is 275. The van der Waals surface area contributed by atoms with Crippen LogP contribution in [0.5, 0.6) is 0 Å². The summed E-state index contributed by atoms with van der Waals surface area (Å²) in [5.41, 5.74) is 0. The van der Waals surface area contributed by atoms with Gasteiger partial charge < -0.3 is 0 Å². The molecule has 0 heterocycles. The lowest BCUT2D eigenvalue weighted by atomic mass is 10.4. The van der Waals surface area contributed by atoms with Crippen molar-refractivity contribution in [3.05, 3.63) is 24.3 Å². The molecule has 0 aliphatic heterocycles. The van der Waals surface area contributed by atoms with E-state index >= 15 is 0 Å². The largest absolute Gasteiger partial charge is 0.248 e. The van der Waals surface area contributed by atoms with Crippen molar-refractivity contribution in [1.29, 1.82) is 0 Å². The summed E-state index contributed by atoms with van der Waals surface area (Å²) < 4.78 is 10.8. The summed E-state index contributed by atoms with van der Waals surface area (Å²) >= 11 is 1.61. The first kappa shape index (κ1) is 8.77. The van der Waals surface area contributed by atoms with Gasteiger partial charge in [-0.3, -0.25) is 0 Å². The van der Waals surface area contributed by atoms with Crippen LogP contribution in [-0.2, 0) is 11.0 Å². The van der Waals surface area contributed by atoms with E-state index < -0.39 is 11.0 Å². The van der Waals surface area contributed by atoms with E-state index in [0.717, 1.165) is 4.90 Å². The monoisotopic (exact) mass is 187 g/mol. The SMILES string of the molecule is CSc1cccc(S(N)=O)c1. The standard InChI is InChI=1S/C7H9NOS2/c1-10-6-3-2-4-7(5-6)11(8)9/h2-5H,8H2,1H3. The average molecular weight is 187 g/mol. The van der Waals surface area contributed by atoms with E-state index in [-0.39, 0.29) is 0 Å². The molecule has 1 atom stereocenters. The molecule has 0 amide bonds. The second kappa shape index (κ2) is 3.90. The van der Waals surface area contributed by atoms with Gasteiger partial charge in [-0.15, -0.1) is 11.8 Å². The summed E-state index contributed by atoms with van der Waals surface area (Å²) in [5, 5.41) is 5.20. The Balaban J connectivity index is 3.01. The van der Waals surface area contributed by atoms with E-state index in [1.807, 2.05) is 24.5 Å². The fraction of sp³-hybridized carbons (Fsp3) is 0.143. The van der Waals surface area contributed by atoms with Crippen molar-refractivity contribution in [3.8, 4) is 0 Å². The summed E-state index contributed by atoms with van der Waals surface area (Å²) in [7, 11) is -1.35. The molecule has 0 saturated carbocycles. The zero-order valence-corrected chi connectivity index (χ0v) is 7.74. The van der Waals surface area contributed by atoms with Gasteiger partial charge in [0.05, 0.1) is 4.90 Å². The fourth-order valence-electron chi connectivity index (χ4n) is 0.726. The number of thioether (sulfide) groups is 1. The molecule has 0 aromatic heterocycles. The van der Waals surface area contributed by atoms with E-state index in [9.17, 15) is 4.21 Å². The number of rotatable bonds is 2. The van der Waals surface area contributed by atoms with Crippen molar-refractivity contribution in [3.63, 3.8) is 0 Å². The lowest BCUT2D eigenvalue weighted by molar-refractivity contribution is 0.684. The highest BCUT2D eigenvalue weighted by atomic mass is 32.2. The van der Waals surface area contributed by atoms with Gasteiger partial charge in [0.2, 0.25) is 0 Å². The number of benzene rings is 1. The van der Waals surface area contributed by atoms with Gasteiger partial charge in [0.25, 0.3) is 0 Å². The molecule has 0 bridgehead atoms. The zero-order chi connectivity index (χ0) is 8.27. The van der Waals surface area contributed by atoms with Crippen molar-refractivity contribution in [2.24, 2.45) is 5.14 Å². The molecule has 2 nitrogen and oxygen atoms in total. The van der Waals surface area contributed by atoms with Crippen LogP contribution in [0.15, 0.2) is 34.1 Å². The van der Waals surface area contributed by atoms with Crippen molar-refractivity contribution >= 4 is 22.7 Å². The van der Waals surface area contributed by atoms with E-state index in [2.05, 4.69) is 0 Å². The maximum atomic E-state index is 10.8. The predicted octanol–water partition coefficient (Wildman–Crippen LogP) is 1.39. The molecule has 1 rings (SSSR count). The maximum absolute atomic E-state index is 10.8. The predicted molar refractivity (Wildman–Crippen MR) is 48.8 cm³/mol. The Morgan fingerprint density at radius 2 is 2.27 bits per heavy atom. The summed E-state index contributed by atoms with van der Waals surface area (Å²) in [6.45, 7) is 0. The summed E-state index contributed by atoms with van der Waals surface area (Å²) in [5.74, 6) is 0. The molecule has 0 aliphatic carbocycles. The molecule has 0 aliphatic rings. The number of hydrogen-bond donors (Lipinski definition) is 1. The molecular formula is C7H9NOS2. The highest BCUT2D eigenvalue weighted by molar-refractivity contribution is 7.98. The average Bonchev–Trinajstić information content (AvgIpc) is 2.05. The molecule has 1 unspecified atom stereocenters. The van der Waals surface area contributed by atoms with Crippen LogP contribution in [0, 0.1) is 0 Å². The van der Waals surface area contributed by atoms with Gasteiger partial charge in [0, 0.05) is 4.90 Å². The van der Waals surface area contributed by atoms with Gasteiger partial charge in [-0.25, -0.2) is 9.35 Å². The third-order valence-corrected chi connectivity index (χ3v) is 2.72. The topological polar surface area (TPSA) is 43.1 Å². The molecule has 1 aromatic rings. The Labute approximate surface area is 72.8 Å². The van der Waals surface area contributed by atoms with E-state index in [1.54, 1.807) is 17.8 Å². The molecule has 0 fully saturated rings. The Morgan fingerprint density at radius 3 is 2.82 bits per heavy atom. The van der Waals surface area contributed by atoms with Crippen molar-refractivity contribution in [2.45, 2.75) is 9.79 Å². The van der Waals surface area contributed by atoms with Crippen molar-refractivity contribution < 1.29 is 4.21 Å². The van der Waals surface area contributed by atoms with E-state index in [1.165, 1.54) is 0 Å².